The van der Waals surface area contributed by atoms with Crippen LogP contribution in [0.5, 0.6) is 0 Å². The first kappa shape index (κ1) is 12.6. The van der Waals surface area contributed by atoms with Crippen molar-refractivity contribution in [3.8, 4) is 0 Å². The van der Waals surface area contributed by atoms with E-state index in [-0.39, 0.29) is 0 Å². The molecule has 1 heterocycles. The van der Waals surface area contributed by atoms with Gasteiger partial charge in [0.1, 0.15) is 5.82 Å². The minimum absolute atomic E-state index is 0.395. The van der Waals surface area contributed by atoms with Gasteiger partial charge in [-0.2, -0.15) is 0 Å². The number of carbonyl (C=O) groups excluding carboxylic acids is 1. The fourth-order valence-corrected chi connectivity index (χ4v) is 2.25. The van der Waals surface area contributed by atoms with E-state index in [0.717, 1.165) is 30.6 Å². The third-order valence-electron chi connectivity index (χ3n) is 2.99. The molecular weight excluding hydrogens is 226 g/mol. The molecule has 4 nitrogen and oxygen atoms in total. The minimum atomic E-state index is 0.395. The van der Waals surface area contributed by atoms with Gasteiger partial charge in [0.15, 0.2) is 0 Å². The van der Waals surface area contributed by atoms with Gasteiger partial charge < -0.3 is 9.88 Å². The molecule has 1 N–H and O–H groups in total. The van der Waals surface area contributed by atoms with Gasteiger partial charge in [-0.15, -0.1) is 0 Å². The molecule has 2 rings (SSSR count). The average molecular weight is 245 g/mol. The highest BCUT2D eigenvalue weighted by Gasteiger charge is 2.11. The first-order valence-corrected chi connectivity index (χ1v) is 6.37. The largest absolute Gasteiger partial charge is 0.359 e. The van der Waals surface area contributed by atoms with Crippen LogP contribution in [-0.4, -0.2) is 22.5 Å². The SMILES string of the molecule is CC(C)n1c(CCCNC=O)nc2ccccc21. The number of hydrogen-bond donors (Lipinski definition) is 1. The lowest BCUT2D eigenvalue weighted by Crippen LogP contribution is -2.14. The number of benzene rings is 1. The van der Waals surface area contributed by atoms with E-state index in [1.807, 2.05) is 18.2 Å². The fraction of sp³-hybridized carbons (Fsp3) is 0.429. The Morgan fingerprint density at radius 3 is 2.89 bits per heavy atom. The van der Waals surface area contributed by atoms with E-state index in [9.17, 15) is 4.79 Å². The lowest BCUT2D eigenvalue weighted by atomic mass is 10.2. The van der Waals surface area contributed by atoms with Crippen molar-refractivity contribution in [3.63, 3.8) is 0 Å². The molecule has 0 saturated heterocycles. The lowest BCUT2D eigenvalue weighted by molar-refractivity contribution is -0.109. The molecular formula is C14H19N3O. The Kier molecular flexibility index (Phi) is 3.97. The summed E-state index contributed by atoms with van der Waals surface area (Å²) < 4.78 is 2.27. The van der Waals surface area contributed by atoms with Gasteiger partial charge in [0.2, 0.25) is 6.41 Å². The van der Waals surface area contributed by atoms with Crippen LogP contribution in [0.1, 0.15) is 32.1 Å². The maximum atomic E-state index is 10.2. The molecule has 0 saturated carbocycles. The molecule has 1 amide bonds. The number of aryl methyl sites for hydroxylation is 1. The number of aromatic nitrogens is 2. The van der Waals surface area contributed by atoms with Gasteiger partial charge in [0.05, 0.1) is 11.0 Å². The van der Waals surface area contributed by atoms with Crippen molar-refractivity contribution in [1.29, 1.82) is 0 Å². The summed E-state index contributed by atoms with van der Waals surface area (Å²) in [5.41, 5.74) is 2.23. The van der Waals surface area contributed by atoms with Crippen LogP contribution in [0.2, 0.25) is 0 Å². The average Bonchev–Trinajstić information content (AvgIpc) is 2.73. The summed E-state index contributed by atoms with van der Waals surface area (Å²) in [6.07, 6.45) is 2.54. The Hall–Kier alpha value is -1.84. The summed E-state index contributed by atoms with van der Waals surface area (Å²) in [7, 11) is 0. The first-order valence-electron chi connectivity index (χ1n) is 6.37. The topological polar surface area (TPSA) is 46.9 Å². The molecule has 0 spiro atoms. The Morgan fingerprint density at radius 1 is 1.39 bits per heavy atom. The van der Waals surface area contributed by atoms with Crippen LogP contribution >= 0.6 is 0 Å². The molecule has 0 radical (unpaired) electrons. The third kappa shape index (κ3) is 2.53. The number of carbonyl (C=O) groups is 1. The highest BCUT2D eigenvalue weighted by Crippen LogP contribution is 2.21. The van der Waals surface area contributed by atoms with E-state index in [1.54, 1.807) is 0 Å². The van der Waals surface area contributed by atoms with Gasteiger partial charge >= 0.3 is 0 Å². The fourth-order valence-electron chi connectivity index (χ4n) is 2.25. The molecule has 2 aromatic rings. The van der Waals surface area contributed by atoms with Crippen LogP contribution in [0.4, 0.5) is 0 Å². The molecule has 4 heteroatoms. The number of imidazole rings is 1. The van der Waals surface area contributed by atoms with Crippen LogP contribution in [0, 0.1) is 0 Å². The summed E-state index contributed by atoms with van der Waals surface area (Å²) in [6, 6.07) is 8.60. The molecule has 18 heavy (non-hydrogen) atoms. The number of fused-ring (bicyclic) bond motifs is 1. The summed E-state index contributed by atoms with van der Waals surface area (Å²) in [5, 5.41) is 2.68. The van der Waals surface area contributed by atoms with Gasteiger partial charge in [0.25, 0.3) is 0 Å². The van der Waals surface area contributed by atoms with Gasteiger partial charge in [-0.05, 0) is 32.4 Å². The van der Waals surface area contributed by atoms with Crippen LogP contribution in [-0.2, 0) is 11.2 Å². The standard InChI is InChI=1S/C14H19N3O/c1-11(2)17-13-7-4-3-6-12(13)16-14(17)8-5-9-15-10-18/h3-4,6-7,10-11H,5,8-9H2,1-2H3,(H,15,18). The molecule has 0 atom stereocenters. The van der Waals surface area contributed by atoms with Gasteiger partial charge in [-0.25, -0.2) is 4.98 Å². The summed E-state index contributed by atoms with van der Waals surface area (Å²) >= 11 is 0. The number of hydrogen-bond acceptors (Lipinski definition) is 2. The minimum Gasteiger partial charge on any atom is -0.359 e. The molecule has 0 aliphatic carbocycles. The Bertz CT molecular complexity index is 531. The summed E-state index contributed by atoms with van der Waals surface area (Å²) in [6.45, 7) is 5.04. The van der Waals surface area contributed by atoms with Crippen molar-refractivity contribution in [1.82, 2.24) is 14.9 Å². The van der Waals surface area contributed by atoms with Crippen molar-refractivity contribution in [2.75, 3.05) is 6.54 Å². The molecule has 1 aromatic carbocycles. The Balaban J connectivity index is 2.25. The summed E-state index contributed by atoms with van der Waals surface area (Å²) in [4.78, 5) is 14.9. The highest BCUT2D eigenvalue weighted by molar-refractivity contribution is 5.76. The van der Waals surface area contributed by atoms with Crippen LogP contribution in [0.3, 0.4) is 0 Å². The Labute approximate surface area is 107 Å². The third-order valence-corrected chi connectivity index (χ3v) is 2.99. The van der Waals surface area contributed by atoms with Crippen molar-refractivity contribution in [2.45, 2.75) is 32.7 Å². The first-order chi connectivity index (χ1) is 8.74. The van der Waals surface area contributed by atoms with Crippen LogP contribution < -0.4 is 5.32 Å². The number of rotatable bonds is 6. The number of para-hydroxylation sites is 2. The van der Waals surface area contributed by atoms with E-state index >= 15 is 0 Å². The second-order valence-corrected chi connectivity index (χ2v) is 4.66. The van der Waals surface area contributed by atoms with Crippen LogP contribution in [0.25, 0.3) is 11.0 Å². The van der Waals surface area contributed by atoms with E-state index in [0.29, 0.717) is 12.6 Å². The van der Waals surface area contributed by atoms with Crippen molar-refractivity contribution in [2.24, 2.45) is 0 Å². The second-order valence-electron chi connectivity index (χ2n) is 4.66. The van der Waals surface area contributed by atoms with Gasteiger partial charge in [-0.3, -0.25) is 4.79 Å². The van der Waals surface area contributed by atoms with E-state index in [2.05, 4.69) is 34.8 Å². The van der Waals surface area contributed by atoms with E-state index < -0.39 is 0 Å². The smallest absolute Gasteiger partial charge is 0.207 e. The van der Waals surface area contributed by atoms with Crippen molar-refractivity contribution in [3.05, 3.63) is 30.1 Å². The zero-order valence-corrected chi connectivity index (χ0v) is 10.9. The van der Waals surface area contributed by atoms with Crippen molar-refractivity contribution >= 4 is 17.4 Å². The van der Waals surface area contributed by atoms with Crippen molar-refractivity contribution < 1.29 is 4.79 Å². The second kappa shape index (κ2) is 5.67. The zero-order valence-electron chi connectivity index (χ0n) is 10.9. The Morgan fingerprint density at radius 2 is 2.17 bits per heavy atom. The highest BCUT2D eigenvalue weighted by atomic mass is 16.1. The van der Waals surface area contributed by atoms with E-state index in [4.69, 9.17) is 0 Å². The lowest BCUT2D eigenvalue weighted by Gasteiger charge is -2.12. The molecule has 96 valence electrons. The predicted octanol–water partition coefficient (Wildman–Crippen LogP) is 2.30. The summed E-state index contributed by atoms with van der Waals surface area (Å²) in [5.74, 6) is 1.10. The normalized spacial score (nSPS) is 11.1. The molecule has 0 aliphatic rings. The number of nitrogens with one attached hydrogen (secondary N) is 1. The number of nitrogens with zero attached hydrogens (tertiary/aromatic N) is 2. The van der Waals surface area contributed by atoms with Gasteiger partial charge in [-0.1, -0.05) is 12.1 Å². The quantitative estimate of drug-likeness (QED) is 0.627. The monoisotopic (exact) mass is 245 g/mol. The molecule has 0 fully saturated rings. The number of amides is 1. The van der Waals surface area contributed by atoms with Crippen LogP contribution in [0.15, 0.2) is 24.3 Å². The molecule has 0 aliphatic heterocycles. The van der Waals surface area contributed by atoms with E-state index in [1.165, 1.54) is 5.52 Å². The maximum absolute atomic E-state index is 10.2. The molecule has 0 bridgehead atoms. The molecule has 1 aromatic heterocycles. The van der Waals surface area contributed by atoms with Gasteiger partial charge in [0, 0.05) is 19.0 Å². The molecule has 0 unspecified atom stereocenters. The predicted molar refractivity (Wildman–Crippen MR) is 72.5 cm³/mol. The zero-order chi connectivity index (χ0) is 13.0. The maximum Gasteiger partial charge on any atom is 0.207 e.